The fourth-order valence-electron chi connectivity index (χ4n) is 3.21. The molecule has 0 unspecified atom stereocenters. The van der Waals surface area contributed by atoms with E-state index >= 15 is 0 Å². The first kappa shape index (κ1) is 19.3. The molecule has 3 amide bonds. The molecule has 138 valence electrons. The number of nitrogens with one attached hydrogen (secondary N) is 1. The highest BCUT2D eigenvalue weighted by Gasteiger charge is 2.24. The van der Waals surface area contributed by atoms with Crippen LogP contribution in [0.15, 0.2) is 24.3 Å². The van der Waals surface area contributed by atoms with Crippen molar-refractivity contribution in [2.24, 2.45) is 0 Å². The topological polar surface area (TPSA) is 52.7 Å². The Kier molecular flexibility index (Phi) is 7.29. The van der Waals surface area contributed by atoms with Gasteiger partial charge < -0.3 is 15.1 Å². The first-order valence-corrected chi connectivity index (χ1v) is 9.42. The normalized spacial score (nSPS) is 15.1. The van der Waals surface area contributed by atoms with Crippen molar-refractivity contribution >= 4 is 11.9 Å². The van der Waals surface area contributed by atoms with E-state index in [1.807, 2.05) is 18.7 Å². The van der Waals surface area contributed by atoms with Crippen LogP contribution in [0.4, 0.5) is 4.79 Å². The van der Waals surface area contributed by atoms with Gasteiger partial charge in [0.05, 0.1) is 0 Å². The molecule has 1 aromatic rings. The van der Waals surface area contributed by atoms with Crippen molar-refractivity contribution in [1.82, 2.24) is 15.1 Å². The molecule has 1 aliphatic heterocycles. The Morgan fingerprint density at radius 3 is 2.28 bits per heavy atom. The minimum Gasteiger partial charge on any atom is -0.343 e. The van der Waals surface area contributed by atoms with E-state index in [2.05, 4.69) is 36.5 Å². The Hall–Kier alpha value is -2.04. The zero-order valence-electron chi connectivity index (χ0n) is 15.8. The zero-order chi connectivity index (χ0) is 18.2. The first-order valence-electron chi connectivity index (χ1n) is 9.42. The Morgan fingerprint density at radius 1 is 1.12 bits per heavy atom. The van der Waals surface area contributed by atoms with E-state index in [9.17, 15) is 9.59 Å². The van der Waals surface area contributed by atoms with Gasteiger partial charge in [0.15, 0.2) is 0 Å². The molecule has 0 atom stereocenters. The number of rotatable bonds is 6. The van der Waals surface area contributed by atoms with E-state index in [-0.39, 0.29) is 18.0 Å². The van der Waals surface area contributed by atoms with Crippen molar-refractivity contribution in [2.45, 2.75) is 52.5 Å². The molecule has 2 rings (SSSR count). The van der Waals surface area contributed by atoms with Crippen molar-refractivity contribution in [1.29, 1.82) is 0 Å². The molecule has 5 nitrogen and oxygen atoms in total. The Balaban J connectivity index is 1.72. The number of nitrogens with zero attached hydrogens (tertiary/aromatic N) is 2. The van der Waals surface area contributed by atoms with Crippen molar-refractivity contribution < 1.29 is 9.59 Å². The molecule has 0 aromatic heterocycles. The van der Waals surface area contributed by atoms with Crippen molar-refractivity contribution in [3.8, 4) is 0 Å². The van der Waals surface area contributed by atoms with E-state index in [4.69, 9.17) is 0 Å². The van der Waals surface area contributed by atoms with E-state index in [0.717, 1.165) is 45.4 Å². The number of carbonyl (C=O) groups is 2. The average Bonchev–Trinajstić information content (AvgIpc) is 2.62. The molecule has 0 bridgehead atoms. The number of likely N-dealkylation sites (tertiary alicyclic amines) is 1. The number of hydrogen-bond acceptors (Lipinski definition) is 2. The van der Waals surface area contributed by atoms with Crippen LogP contribution in [-0.4, -0.2) is 54.0 Å². The molecule has 5 heteroatoms. The largest absolute Gasteiger partial charge is 0.343 e. The van der Waals surface area contributed by atoms with Crippen molar-refractivity contribution in [3.63, 3.8) is 0 Å². The predicted octanol–water partition coefficient (Wildman–Crippen LogP) is 2.97. The summed E-state index contributed by atoms with van der Waals surface area (Å²) in [7, 11) is 0. The third-order valence-electron chi connectivity index (χ3n) is 4.97. The maximum Gasteiger partial charge on any atom is 0.317 e. The minimum atomic E-state index is 0.00847. The van der Waals surface area contributed by atoms with E-state index in [1.54, 1.807) is 4.90 Å². The summed E-state index contributed by atoms with van der Waals surface area (Å²) in [5.74, 6) is 0.217. The summed E-state index contributed by atoms with van der Waals surface area (Å²) >= 11 is 0. The molecular formula is C20H31N3O2. The number of benzene rings is 1. The van der Waals surface area contributed by atoms with Crippen LogP contribution in [0.1, 0.15) is 44.2 Å². The Labute approximate surface area is 151 Å². The lowest BCUT2D eigenvalue weighted by molar-refractivity contribution is -0.132. The maximum absolute atomic E-state index is 12.4. The number of urea groups is 1. The number of hydrogen-bond donors (Lipinski definition) is 1. The van der Waals surface area contributed by atoms with Gasteiger partial charge in [-0.3, -0.25) is 4.79 Å². The molecule has 0 saturated carbocycles. The summed E-state index contributed by atoms with van der Waals surface area (Å²) in [5.41, 5.74) is 2.45. The first-order chi connectivity index (χ1) is 12.0. The molecule has 0 spiro atoms. The van der Waals surface area contributed by atoms with Gasteiger partial charge in [-0.05, 0) is 45.6 Å². The van der Waals surface area contributed by atoms with E-state index in [0.29, 0.717) is 6.42 Å². The lowest BCUT2D eigenvalue weighted by Crippen LogP contribution is -2.50. The second kappa shape index (κ2) is 9.44. The highest BCUT2D eigenvalue weighted by atomic mass is 16.2. The van der Waals surface area contributed by atoms with Gasteiger partial charge >= 0.3 is 6.03 Å². The van der Waals surface area contributed by atoms with E-state index < -0.39 is 0 Å². The zero-order valence-corrected chi connectivity index (χ0v) is 15.8. The van der Waals surface area contributed by atoms with Crippen LogP contribution in [0.5, 0.6) is 0 Å². The van der Waals surface area contributed by atoms with Gasteiger partial charge in [0, 0.05) is 38.6 Å². The average molecular weight is 345 g/mol. The third-order valence-corrected chi connectivity index (χ3v) is 4.97. The van der Waals surface area contributed by atoms with Gasteiger partial charge in [0.1, 0.15) is 0 Å². The second-order valence-corrected chi connectivity index (χ2v) is 6.76. The van der Waals surface area contributed by atoms with Gasteiger partial charge in [0.25, 0.3) is 0 Å². The lowest BCUT2D eigenvalue weighted by Gasteiger charge is -2.33. The van der Waals surface area contributed by atoms with Crippen LogP contribution in [-0.2, 0) is 11.2 Å². The summed E-state index contributed by atoms with van der Waals surface area (Å²) in [6.45, 7) is 8.94. The summed E-state index contributed by atoms with van der Waals surface area (Å²) < 4.78 is 0. The quantitative estimate of drug-likeness (QED) is 0.862. The molecule has 0 radical (unpaired) electrons. The van der Waals surface area contributed by atoms with Crippen LogP contribution in [0.2, 0.25) is 0 Å². The number of carbonyl (C=O) groups excluding carboxylic acids is 2. The molecule has 1 N–H and O–H groups in total. The molecule has 1 aliphatic rings. The van der Waals surface area contributed by atoms with Gasteiger partial charge in [-0.15, -0.1) is 0 Å². The molecule has 25 heavy (non-hydrogen) atoms. The lowest BCUT2D eigenvalue weighted by atomic mass is 10.0. The summed E-state index contributed by atoms with van der Waals surface area (Å²) in [5, 5.41) is 3.09. The Morgan fingerprint density at radius 2 is 1.72 bits per heavy atom. The molecule has 1 heterocycles. The van der Waals surface area contributed by atoms with Crippen LogP contribution < -0.4 is 5.32 Å². The SMILES string of the molecule is CCN(CC)C(=O)NC1CCN(C(=O)CCc2ccc(C)cc2)CC1. The number of piperidine rings is 1. The highest BCUT2D eigenvalue weighted by molar-refractivity contribution is 5.77. The highest BCUT2D eigenvalue weighted by Crippen LogP contribution is 2.14. The molecule has 0 aliphatic carbocycles. The number of aryl methyl sites for hydroxylation is 2. The number of amides is 3. The maximum atomic E-state index is 12.4. The monoisotopic (exact) mass is 345 g/mol. The van der Waals surface area contributed by atoms with Crippen LogP contribution in [0.3, 0.4) is 0 Å². The standard InChI is InChI=1S/C20H31N3O2/c1-4-22(5-2)20(25)21-18-12-14-23(15-13-18)19(24)11-10-17-8-6-16(3)7-9-17/h6-9,18H,4-5,10-15H2,1-3H3,(H,21,25). The molecular weight excluding hydrogens is 314 g/mol. The molecule has 1 aromatic carbocycles. The predicted molar refractivity (Wildman–Crippen MR) is 101 cm³/mol. The van der Waals surface area contributed by atoms with Crippen LogP contribution >= 0.6 is 0 Å². The summed E-state index contributed by atoms with van der Waals surface area (Å²) in [6.07, 6.45) is 3.02. The van der Waals surface area contributed by atoms with Gasteiger partial charge in [-0.1, -0.05) is 29.8 Å². The second-order valence-electron chi connectivity index (χ2n) is 6.76. The van der Waals surface area contributed by atoms with Crippen molar-refractivity contribution in [3.05, 3.63) is 35.4 Å². The van der Waals surface area contributed by atoms with Crippen LogP contribution in [0, 0.1) is 6.92 Å². The fourth-order valence-corrected chi connectivity index (χ4v) is 3.21. The molecule has 1 saturated heterocycles. The summed E-state index contributed by atoms with van der Waals surface area (Å²) in [4.78, 5) is 28.2. The van der Waals surface area contributed by atoms with Crippen LogP contribution in [0.25, 0.3) is 0 Å². The molecule has 1 fully saturated rings. The third kappa shape index (κ3) is 5.76. The minimum absolute atomic E-state index is 0.00847. The van der Waals surface area contributed by atoms with Gasteiger partial charge in [-0.2, -0.15) is 0 Å². The Bertz CT molecular complexity index is 559. The van der Waals surface area contributed by atoms with Crippen molar-refractivity contribution in [2.75, 3.05) is 26.2 Å². The smallest absolute Gasteiger partial charge is 0.317 e. The fraction of sp³-hybridized carbons (Fsp3) is 0.600. The van der Waals surface area contributed by atoms with Gasteiger partial charge in [0.2, 0.25) is 5.91 Å². The van der Waals surface area contributed by atoms with E-state index in [1.165, 1.54) is 11.1 Å². The summed E-state index contributed by atoms with van der Waals surface area (Å²) in [6, 6.07) is 8.55. The van der Waals surface area contributed by atoms with Gasteiger partial charge in [-0.25, -0.2) is 4.79 Å².